The Labute approximate surface area is 125 Å². The summed E-state index contributed by atoms with van der Waals surface area (Å²) in [6, 6.07) is 7.94. The molecule has 2 atom stereocenters. The lowest BCUT2D eigenvalue weighted by Crippen LogP contribution is -2.33. The average Bonchev–Trinajstić information content (AvgIpc) is 2.26. The van der Waals surface area contributed by atoms with Gasteiger partial charge in [-0.2, -0.15) is 0 Å². The van der Waals surface area contributed by atoms with E-state index in [0.29, 0.717) is 11.7 Å². The van der Waals surface area contributed by atoms with Crippen LogP contribution in [0.25, 0.3) is 0 Å². The van der Waals surface area contributed by atoms with Crippen LogP contribution in [0.2, 0.25) is 5.02 Å². The van der Waals surface area contributed by atoms with Gasteiger partial charge in [-0.3, -0.25) is 0 Å². The Kier molecular flexibility index (Phi) is 6.22. The third-order valence-corrected chi connectivity index (χ3v) is 5.55. The standard InChI is InChI=1S/C16H25ClOS/c1-12(2)10-13(11-19(18)16(3,4)5)14-8-6-7-9-15(14)17/h6-9,12-13H,10-11H2,1-5H3/t13?,19-/m1/s1. The summed E-state index contributed by atoms with van der Waals surface area (Å²) in [5, 5.41) is 0.791. The van der Waals surface area contributed by atoms with Gasteiger partial charge in [0, 0.05) is 10.9 Å². The molecule has 0 aliphatic carbocycles. The van der Waals surface area contributed by atoms with Crippen LogP contribution in [-0.4, -0.2) is 15.1 Å². The van der Waals surface area contributed by atoms with Crippen LogP contribution >= 0.6 is 11.6 Å². The van der Waals surface area contributed by atoms with E-state index in [1.807, 2.05) is 39.0 Å². The Balaban J connectivity index is 2.93. The van der Waals surface area contributed by atoms with E-state index in [4.69, 9.17) is 11.6 Å². The fourth-order valence-corrected chi connectivity index (χ4v) is 3.56. The van der Waals surface area contributed by atoms with E-state index in [-0.39, 0.29) is 10.7 Å². The molecule has 0 spiro atoms. The Bertz CT molecular complexity index is 398. The lowest BCUT2D eigenvalue weighted by Gasteiger charge is -2.29. The zero-order valence-corrected chi connectivity index (χ0v) is 14.1. The van der Waals surface area contributed by atoms with Crippen molar-refractivity contribution in [1.82, 2.24) is 0 Å². The van der Waals surface area contributed by atoms with E-state index in [2.05, 4.69) is 19.9 Å². The molecule has 0 aromatic heterocycles. The Morgan fingerprint density at radius 3 is 2.26 bits per heavy atom. The minimum atomic E-state index is -0.851. The SMILES string of the molecule is CC(C)CC(C[S@@+]([O-])C(C)(C)C)c1ccccc1Cl. The molecule has 0 saturated heterocycles. The highest BCUT2D eigenvalue weighted by atomic mass is 35.5. The van der Waals surface area contributed by atoms with Gasteiger partial charge in [0.15, 0.2) is 0 Å². The predicted octanol–water partition coefficient (Wildman–Crippen LogP) is 5.02. The molecule has 1 unspecified atom stereocenters. The molecule has 0 aliphatic rings. The van der Waals surface area contributed by atoms with Crippen LogP contribution in [0.1, 0.15) is 52.5 Å². The molecule has 0 saturated carbocycles. The first-order valence-corrected chi connectivity index (χ1v) is 8.54. The number of rotatable bonds is 5. The summed E-state index contributed by atoms with van der Waals surface area (Å²) in [5.41, 5.74) is 1.13. The summed E-state index contributed by atoms with van der Waals surface area (Å²) in [5.74, 6) is 1.53. The zero-order chi connectivity index (χ0) is 14.6. The van der Waals surface area contributed by atoms with Crippen molar-refractivity contribution >= 4 is 22.8 Å². The van der Waals surface area contributed by atoms with Gasteiger partial charge in [-0.1, -0.05) is 43.6 Å². The first kappa shape index (κ1) is 16.9. The summed E-state index contributed by atoms with van der Waals surface area (Å²) in [6.07, 6.45) is 1.02. The summed E-state index contributed by atoms with van der Waals surface area (Å²) in [4.78, 5) is 0. The predicted molar refractivity (Wildman–Crippen MR) is 86.4 cm³/mol. The Hall–Kier alpha value is -0.180. The van der Waals surface area contributed by atoms with Gasteiger partial charge >= 0.3 is 0 Å². The van der Waals surface area contributed by atoms with Crippen molar-refractivity contribution in [3.8, 4) is 0 Å². The minimum absolute atomic E-state index is 0.170. The molecule has 0 amide bonds. The molecule has 108 valence electrons. The molecule has 1 rings (SSSR count). The first-order chi connectivity index (χ1) is 8.71. The summed E-state index contributed by atoms with van der Waals surface area (Å²) in [6.45, 7) is 10.5. The second kappa shape index (κ2) is 7.01. The second-order valence-corrected chi connectivity index (χ2v) is 9.13. The fraction of sp³-hybridized carbons (Fsp3) is 0.625. The quantitative estimate of drug-likeness (QED) is 0.700. The van der Waals surface area contributed by atoms with E-state index in [1.165, 1.54) is 0 Å². The minimum Gasteiger partial charge on any atom is -0.616 e. The van der Waals surface area contributed by atoms with Crippen LogP contribution in [0.3, 0.4) is 0 Å². The van der Waals surface area contributed by atoms with E-state index in [0.717, 1.165) is 17.0 Å². The molecule has 1 aromatic carbocycles. The molecule has 19 heavy (non-hydrogen) atoms. The smallest absolute Gasteiger partial charge is 0.117 e. The van der Waals surface area contributed by atoms with Crippen molar-refractivity contribution in [1.29, 1.82) is 0 Å². The van der Waals surface area contributed by atoms with Crippen molar-refractivity contribution in [2.75, 3.05) is 5.75 Å². The van der Waals surface area contributed by atoms with Crippen molar-refractivity contribution in [2.24, 2.45) is 5.92 Å². The van der Waals surface area contributed by atoms with Crippen LogP contribution in [0.4, 0.5) is 0 Å². The fourth-order valence-electron chi connectivity index (χ4n) is 2.09. The highest BCUT2D eigenvalue weighted by Gasteiger charge is 2.30. The van der Waals surface area contributed by atoms with Gasteiger partial charge in [-0.25, -0.2) is 0 Å². The van der Waals surface area contributed by atoms with E-state index in [1.54, 1.807) is 0 Å². The number of halogens is 1. The molecule has 0 N–H and O–H groups in total. The maximum Gasteiger partial charge on any atom is 0.117 e. The van der Waals surface area contributed by atoms with Gasteiger partial charge in [0.05, 0.1) is 0 Å². The number of benzene rings is 1. The highest BCUT2D eigenvalue weighted by Crippen LogP contribution is 2.33. The lowest BCUT2D eigenvalue weighted by atomic mass is 9.92. The third-order valence-electron chi connectivity index (χ3n) is 3.14. The number of hydrogen-bond acceptors (Lipinski definition) is 1. The molecular weight excluding hydrogens is 276 g/mol. The van der Waals surface area contributed by atoms with Gasteiger partial charge in [0.2, 0.25) is 0 Å². The maximum absolute atomic E-state index is 12.4. The van der Waals surface area contributed by atoms with Crippen LogP contribution in [0, 0.1) is 5.92 Å². The van der Waals surface area contributed by atoms with Gasteiger partial charge in [-0.15, -0.1) is 0 Å². The molecule has 0 aliphatic heterocycles. The summed E-state index contributed by atoms with van der Waals surface area (Å²) < 4.78 is 12.2. The number of hydrogen-bond donors (Lipinski definition) is 0. The van der Waals surface area contributed by atoms with Gasteiger partial charge in [-0.05, 0) is 55.9 Å². The van der Waals surface area contributed by atoms with Gasteiger partial charge in [0.1, 0.15) is 10.5 Å². The van der Waals surface area contributed by atoms with Crippen molar-refractivity contribution < 1.29 is 4.55 Å². The third kappa shape index (κ3) is 5.37. The van der Waals surface area contributed by atoms with Crippen LogP contribution in [-0.2, 0) is 11.2 Å². The molecule has 0 radical (unpaired) electrons. The van der Waals surface area contributed by atoms with Crippen LogP contribution in [0.5, 0.6) is 0 Å². The monoisotopic (exact) mass is 300 g/mol. The largest absolute Gasteiger partial charge is 0.616 e. The highest BCUT2D eigenvalue weighted by molar-refractivity contribution is 7.92. The van der Waals surface area contributed by atoms with Crippen LogP contribution < -0.4 is 0 Å². The van der Waals surface area contributed by atoms with Crippen LogP contribution in [0.15, 0.2) is 24.3 Å². The first-order valence-electron chi connectivity index (χ1n) is 6.84. The molecule has 3 heteroatoms. The average molecular weight is 301 g/mol. The molecule has 0 heterocycles. The van der Waals surface area contributed by atoms with E-state index >= 15 is 0 Å². The molecule has 1 aromatic rings. The molecule has 0 fully saturated rings. The van der Waals surface area contributed by atoms with Crippen molar-refractivity contribution in [2.45, 2.75) is 51.7 Å². The molecule has 1 nitrogen and oxygen atoms in total. The Morgan fingerprint density at radius 1 is 1.21 bits per heavy atom. The van der Waals surface area contributed by atoms with E-state index < -0.39 is 11.2 Å². The van der Waals surface area contributed by atoms with Crippen molar-refractivity contribution in [3.63, 3.8) is 0 Å². The van der Waals surface area contributed by atoms with E-state index in [9.17, 15) is 4.55 Å². The summed E-state index contributed by atoms with van der Waals surface area (Å²) in [7, 11) is 0. The Morgan fingerprint density at radius 2 is 1.79 bits per heavy atom. The normalized spacial score (nSPS) is 15.6. The van der Waals surface area contributed by atoms with Crippen molar-refractivity contribution in [3.05, 3.63) is 34.9 Å². The topological polar surface area (TPSA) is 23.1 Å². The maximum atomic E-state index is 12.4. The zero-order valence-electron chi connectivity index (χ0n) is 12.6. The lowest BCUT2D eigenvalue weighted by molar-refractivity contribution is 0.506. The molecular formula is C16H25ClOS. The van der Waals surface area contributed by atoms with Gasteiger partial charge < -0.3 is 4.55 Å². The van der Waals surface area contributed by atoms with Gasteiger partial charge in [0.25, 0.3) is 0 Å². The second-order valence-electron chi connectivity index (χ2n) is 6.47. The summed E-state index contributed by atoms with van der Waals surface area (Å²) >= 11 is 5.45. The molecule has 0 bridgehead atoms.